The van der Waals surface area contributed by atoms with Gasteiger partial charge in [0.15, 0.2) is 11.6 Å². The molecule has 0 bridgehead atoms. The number of rotatable bonds is 0. The molecular weight excluding hydrogens is 160 g/mol. The van der Waals surface area contributed by atoms with Gasteiger partial charge < -0.3 is 5.73 Å². The summed E-state index contributed by atoms with van der Waals surface area (Å²) in [4.78, 5) is 0. The average Bonchev–Trinajstić information content (AvgIpc) is 2.80. The first-order chi connectivity index (χ1) is 5.70. The third-order valence-corrected chi connectivity index (χ3v) is 1.45. The Labute approximate surface area is 70.2 Å². The molecule has 0 radical (unpaired) electrons. The summed E-state index contributed by atoms with van der Waals surface area (Å²) >= 11 is 0. The molecule has 1 fully saturated rings. The fraction of sp³-hybridized carbons (Fsp3) is 0.333. The summed E-state index contributed by atoms with van der Waals surface area (Å²) in [5.41, 5.74) is 5.22. The molecule has 1 nitrogen and oxygen atoms in total. The molecule has 0 heterocycles. The molecule has 3 heteroatoms. The molecule has 0 spiro atoms. The number of halogens is 2. The molecule has 1 saturated carbocycles. The molecule has 1 aliphatic rings. The predicted octanol–water partition coefficient (Wildman–Crippen LogP) is 2.07. The Morgan fingerprint density at radius 3 is 1.58 bits per heavy atom. The highest BCUT2D eigenvalue weighted by Crippen LogP contribution is 2.13. The summed E-state index contributed by atoms with van der Waals surface area (Å²) in [6.45, 7) is 0. The van der Waals surface area contributed by atoms with E-state index in [-0.39, 0.29) is 0 Å². The van der Waals surface area contributed by atoms with Crippen LogP contribution >= 0.6 is 0 Å². The van der Waals surface area contributed by atoms with E-state index < -0.39 is 11.6 Å². The molecular formula is C9H11F2N. The van der Waals surface area contributed by atoms with Gasteiger partial charge in [-0.2, -0.15) is 0 Å². The van der Waals surface area contributed by atoms with Crippen LogP contribution in [0, 0.1) is 11.6 Å². The van der Waals surface area contributed by atoms with Crippen molar-refractivity contribution in [3.63, 3.8) is 0 Å². The zero-order valence-electron chi connectivity index (χ0n) is 6.63. The molecule has 0 saturated heterocycles. The van der Waals surface area contributed by atoms with Crippen molar-refractivity contribution < 1.29 is 8.78 Å². The van der Waals surface area contributed by atoms with Crippen LogP contribution in [-0.4, -0.2) is 6.04 Å². The van der Waals surface area contributed by atoms with Gasteiger partial charge in [0.25, 0.3) is 0 Å². The van der Waals surface area contributed by atoms with Crippen LogP contribution in [0.2, 0.25) is 0 Å². The molecule has 0 amide bonds. The van der Waals surface area contributed by atoms with Gasteiger partial charge in [-0.25, -0.2) is 8.78 Å². The smallest absolute Gasteiger partial charge is 0.158 e. The van der Waals surface area contributed by atoms with Crippen molar-refractivity contribution in [2.45, 2.75) is 18.9 Å². The lowest BCUT2D eigenvalue weighted by atomic mass is 10.3. The summed E-state index contributed by atoms with van der Waals surface area (Å²) in [7, 11) is 0. The van der Waals surface area contributed by atoms with Gasteiger partial charge in [0.05, 0.1) is 0 Å². The lowest BCUT2D eigenvalue weighted by molar-refractivity contribution is 0.508. The third-order valence-electron chi connectivity index (χ3n) is 1.45. The normalized spacial score (nSPS) is 14.9. The molecule has 1 aromatic rings. The number of benzene rings is 1. The van der Waals surface area contributed by atoms with Crippen molar-refractivity contribution in [2.24, 2.45) is 5.73 Å². The Morgan fingerprint density at radius 2 is 1.42 bits per heavy atom. The van der Waals surface area contributed by atoms with E-state index in [0.717, 1.165) is 12.1 Å². The van der Waals surface area contributed by atoms with Crippen molar-refractivity contribution in [3.8, 4) is 0 Å². The summed E-state index contributed by atoms with van der Waals surface area (Å²) in [6, 6.07) is 5.63. The van der Waals surface area contributed by atoms with E-state index in [2.05, 4.69) is 0 Å². The molecule has 66 valence electrons. The highest BCUT2D eigenvalue weighted by Gasteiger charge is 2.13. The largest absolute Gasteiger partial charge is 0.328 e. The summed E-state index contributed by atoms with van der Waals surface area (Å²) in [5, 5.41) is 0. The van der Waals surface area contributed by atoms with Crippen molar-refractivity contribution >= 4 is 0 Å². The highest BCUT2D eigenvalue weighted by molar-refractivity contribution is 5.05. The van der Waals surface area contributed by atoms with Gasteiger partial charge in [-0.3, -0.25) is 0 Å². The molecule has 0 atom stereocenters. The first-order valence-electron chi connectivity index (χ1n) is 3.86. The van der Waals surface area contributed by atoms with Crippen molar-refractivity contribution in [2.75, 3.05) is 0 Å². The van der Waals surface area contributed by atoms with Crippen LogP contribution in [0.5, 0.6) is 0 Å². The van der Waals surface area contributed by atoms with E-state index >= 15 is 0 Å². The standard InChI is InChI=1S/C6H4F2.C3H7N/c7-5-3-1-2-4-6(5)8;4-3-1-2-3/h1-4H;3H,1-2,4H2. The quantitative estimate of drug-likeness (QED) is 0.635. The lowest BCUT2D eigenvalue weighted by Gasteiger charge is -1.85. The van der Waals surface area contributed by atoms with Gasteiger partial charge in [-0.1, -0.05) is 12.1 Å². The van der Waals surface area contributed by atoms with Gasteiger partial charge in [-0.05, 0) is 25.0 Å². The van der Waals surface area contributed by atoms with Crippen LogP contribution in [0.15, 0.2) is 24.3 Å². The van der Waals surface area contributed by atoms with Crippen LogP contribution < -0.4 is 5.73 Å². The maximum atomic E-state index is 11.9. The van der Waals surface area contributed by atoms with Crippen LogP contribution in [0.25, 0.3) is 0 Å². The minimum atomic E-state index is -0.799. The lowest BCUT2D eigenvalue weighted by Crippen LogP contribution is -1.94. The Kier molecular flexibility index (Phi) is 3.17. The Balaban J connectivity index is 0.000000150. The third kappa shape index (κ3) is 3.44. The monoisotopic (exact) mass is 171 g/mol. The summed E-state index contributed by atoms with van der Waals surface area (Å²) < 4.78 is 23.9. The van der Waals surface area contributed by atoms with E-state index in [1.54, 1.807) is 0 Å². The number of hydrogen-bond donors (Lipinski definition) is 1. The van der Waals surface area contributed by atoms with Crippen LogP contribution in [0.1, 0.15) is 12.8 Å². The van der Waals surface area contributed by atoms with E-state index in [0.29, 0.717) is 6.04 Å². The fourth-order valence-corrected chi connectivity index (χ4v) is 0.536. The molecule has 0 aliphatic heterocycles. The van der Waals surface area contributed by atoms with Crippen molar-refractivity contribution in [3.05, 3.63) is 35.9 Å². The highest BCUT2D eigenvalue weighted by atomic mass is 19.2. The minimum absolute atomic E-state index is 0.583. The molecule has 2 N–H and O–H groups in total. The zero-order valence-corrected chi connectivity index (χ0v) is 6.63. The molecule has 1 aliphatic carbocycles. The van der Waals surface area contributed by atoms with Gasteiger partial charge in [0.1, 0.15) is 0 Å². The zero-order chi connectivity index (χ0) is 8.97. The number of hydrogen-bond acceptors (Lipinski definition) is 1. The summed E-state index contributed by atoms with van der Waals surface area (Å²) in [6.07, 6.45) is 2.53. The molecule has 1 aromatic carbocycles. The second-order valence-corrected chi connectivity index (χ2v) is 2.75. The Morgan fingerprint density at radius 1 is 1.08 bits per heavy atom. The van der Waals surface area contributed by atoms with Crippen molar-refractivity contribution in [1.82, 2.24) is 0 Å². The molecule has 2 rings (SSSR count). The van der Waals surface area contributed by atoms with Crippen LogP contribution in [-0.2, 0) is 0 Å². The maximum absolute atomic E-state index is 11.9. The first kappa shape index (κ1) is 9.13. The second kappa shape index (κ2) is 4.16. The van der Waals surface area contributed by atoms with Gasteiger partial charge in [0, 0.05) is 6.04 Å². The van der Waals surface area contributed by atoms with E-state index in [1.807, 2.05) is 0 Å². The first-order valence-corrected chi connectivity index (χ1v) is 3.86. The molecule has 12 heavy (non-hydrogen) atoms. The van der Waals surface area contributed by atoms with Crippen molar-refractivity contribution in [1.29, 1.82) is 0 Å². The summed E-state index contributed by atoms with van der Waals surface area (Å²) in [5.74, 6) is -1.60. The van der Waals surface area contributed by atoms with Gasteiger partial charge in [0.2, 0.25) is 0 Å². The Hall–Kier alpha value is -0.960. The van der Waals surface area contributed by atoms with E-state index in [1.165, 1.54) is 25.0 Å². The predicted molar refractivity (Wildman–Crippen MR) is 43.6 cm³/mol. The van der Waals surface area contributed by atoms with Crippen LogP contribution in [0.4, 0.5) is 8.78 Å². The average molecular weight is 171 g/mol. The van der Waals surface area contributed by atoms with E-state index in [9.17, 15) is 8.78 Å². The SMILES string of the molecule is Fc1ccccc1F.NC1CC1. The number of nitrogens with two attached hydrogens (primary N) is 1. The van der Waals surface area contributed by atoms with Gasteiger partial charge in [-0.15, -0.1) is 0 Å². The second-order valence-electron chi connectivity index (χ2n) is 2.75. The van der Waals surface area contributed by atoms with E-state index in [4.69, 9.17) is 5.73 Å². The van der Waals surface area contributed by atoms with Crippen LogP contribution in [0.3, 0.4) is 0 Å². The molecule has 0 unspecified atom stereocenters. The maximum Gasteiger partial charge on any atom is 0.158 e. The Bertz CT molecular complexity index is 225. The topological polar surface area (TPSA) is 26.0 Å². The molecule has 0 aromatic heterocycles. The fourth-order valence-electron chi connectivity index (χ4n) is 0.536. The van der Waals surface area contributed by atoms with Gasteiger partial charge >= 0.3 is 0 Å². The minimum Gasteiger partial charge on any atom is -0.328 e.